The van der Waals surface area contributed by atoms with Gasteiger partial charge in [0.05, 0.1) is 12.7 Å². The van der Waals surface area contributed by atoms with E-state index in [2.05, 4.69) is 5.32 Å². The van der Waals surface area contributed by atoms with Crippen molar-refractivity contribution in [2.75, 3.05) is 26.2 Å². The van der Waals surface area contributed by atoms with Gasteiger partial charge in [-0.05, 0) is 19.3 Å². The summed E-state index contributed by atoms with van der Waals surface area (Å²) in [6, 6.07) is -0.281. The zero-order valence-electron chi connectivity index (χ0n) is 10.3. The SMILES string of the molecule is CCOC(=O)CNC(=O)N1CCC(O)C(C)C1. The van der Waals surface area contributed by atoms with Crippen LogP contribution in [0.2, 0.25) is 0 Å². The maximum absolute atomic E-state index is 11.7. The van der Waals surface area contributed by atoms with Gasteiger partial charge in [0.25, 0.3) is 0 Å². The van der Waals surface area contributed by atoms with Crippen LogP contribution >= 0.6 is 0 Å². The summed E-state index contributed by atoms with van der Waals surface area (Å²) in [4.78, 5) is 24.3. The molecule has 2 N–H and O–H groups in total. The Hall–Kier alpha value is -1.30. The molecule has 1 aliphatic heterocycles. The molecule has 1 heterocycles. The number of nitrogens with zero attached hydrogens (tertiary/aromatic N) is 1. The topological polar surface area (TPSA) is 78.9 Å². The Morgan fingerprint density at radius 1 is 1.53 bits per heavy atom. The number of piperidine rings is 1. The molecule has 1 fully saturated rings. The zero-order chi connectivity index (χ0) is 12.8. The van der Waals surface area contributed by atoms with E-state index in [1.165, 1.54) is 0 Å². The fourth-order valence-corrected chi connectivity index (χ4v) is 1.79. The lowest BCUT2D eigenvalue weighted by atomic mass is 9.97. The van der Waals surface area contributed by atoms with Crippen molar-refractivity contribution >= 4 is 12.0 Å². The van der Waals surface area contributed by atoms with Crippen LogP contribution in [-0.2, 0) is 9.53 Å². The van der Waals surface area contributed by atoms with E-state index in [0.717, 1.165) is 0 Å². The van der Waals surface area contributed by atoms with Crippen LogP contribution in [0.3, 0.4) is 0 Å². The van der Waals surface area contributed by atoms with Crippen LogP contribution in [0.5, 0.6) is 0 Å². The second kappa shape index (κ2) is 6.44. The van der Waals surface area contributed by atoms with Crippen molar-refractivity contribution in [2.24, 2.45) is 5.92 Å². The molecule has 0 spiro atoms. The molecular formula is C11H20N2O4. The number of nitrogens with one attached hydrogen (secondary N) is 1. The van der Waals surface area contributed by atoms with Crippen LogP contribution in [-0.4, -0.2) is 54.4 Å². The molecule has 1 saturated heterocycles. The maximum Gasteiger partial charge on any atom is 0.325 e. The number of aliphatic hydroxyl groups excluding tert-OH is 1. The highest BCUT2D eigenvalue weighted by Gasteiger charge is 2.27. The molecule has 0 saturated carbocycles. The Bertz CT molecular complexity index is 283. The molecular weight excluding hydrogens is 224 g/mol. The highest BCUT2D eigenvalue weighted by molar-refractivity contribution is 5.80. The number of urea groups is 1. The molecule has 2 amide bonds. The second-order valence-corrected chi connectivity index (χ2v) is 4.24. The molecule has 2 atom stereocenters. The fourth-order valence-electron chi connectivity index (χ4n) is 1.79. The number of hydrogen-bond acceptors (Lipinski definition) is 4. The first-order valence-electron chi connectivity index (χ1n) is 5.91. The Morgan fingerprint density at radius 2 is 2.24 bits per heavy atom. The van der Waals surface area contributed by atoms with Gasteiger partial charge in [-0.15, -0.1) is 0 Å². The van der Waals surface area contributed by atoms with Gasteiger partial charge in [-0.3, -0.25) is 4.79 Å². The lowest BCUT2D eigenvalue weighted by molar-refractivity contribution is -0.141. The van der Waals surface area contributed by atoms with Gasteiger partial charge in [0.1, 0.15) is 6.54 Å². The maximum atomic E-state index is 11.7. The minimum atomic E-state index is -0.439. The lowest BCUT2D eigenvalue weighted by Gasteiger charge is -2.34. The average molecular weight is 244 g/mol. The molecule has 17 heavy (non-hydrogen) atoms. The first-order valence-corrected chi connectivity index (χ1v) is 5.91. The fraction of sp³-hybridized carbons (Fsp3) is 0.818. The smallest absolute Gasteiger partial charge is 0.325 e. The summed E-state index contributed by atoms with van der Waals surface area (Å²) in [5.74, 6) is -0.372. The predicted molar refractivity (Wildman–Crippen MR) is 61.4 cm³/mol. The van der Waals surface area contributed by atoms with Crippen molar-refractivity contribution in [3.8, 4) is 0 Å². The van der Waals surface area contributed by atoms with Crippen molar-refractivity contribution in [3.63, 3.8) is 0 Å². The Morgan fingerprint density at radius 3 is 2.82 bits per heavy atom. The second-order valence-electron chi connectivity index (χ2n) is 4.24. The van der Waals surface area contributed by atoms with Gasteiger partial charge in [0, 0.05) is 13.1 Å². The molecule has 6 nitrogen and oxygen atoms in total. The normalized spacial score (nSPS) is 24.3. The van der Waals surface area contributed by atoms with E-state index in [9.17, 15) is 14.7 Å². The third kappa shape index (κ3) is 4.22. The molecule has 0 bridgehead atoms. The standard InChI is InChI=1S/C11H20N2O4/c1-3-17-10(15)6-12-11(16)13-5-4-9(14)8(2)7-13/h8-9,14H,3-7H2,1-2H3,(H,12,16). The van der Waals surface area contributed by atoms with E-state index in [0.29, 0.717) is 26.1 Å². The summed E-state index contributed by atoms with van der Waals surface area (Å²) in [7, 11) is 0. The first kappa shape index (κ1) is 13.8. The molecule has 2 unspecified atom stereocenters. The van der Waals surface area contributed by atoms with E-state index in [1.54, 1.807) is 11.8 Å². The highest BCUT2D eigenvalue weighted by atomic mass is 16.5. The molecule has 0 aromatic carbocycles. The molecule has 0 aromatic heterocycles. The van der Waals surface area contributed by atoms with Gasteiger partial charge in [-0.25, -0.2) is 4.79 Å². The van der Waals surface area contributed by atoms with Crippen molar-refractivity contribution in [1.82, 2.24) is 10.2 Å². The monoisotopic (exact) mass is 244 g/mol. The Labute approximate surface area is 101 Å². The largest absolute Gasteiger partial charge is 0.465 e. The van der Waals surface area contributed by atoms with Crippen LogP contribution in [0.25, 0.3) is 0 Å². The number of esters is 1. The summed E-state index contributed by atoms with van der Waals surface area (Å²) in [5.41, 5.74) is 0. The van der Waals surface area contributed by atoms with E-state index >= 15 is 0 Å². The average Bonchev–Trinajstić information content (AvgIpc) is 2.30. The molecule has 1 rings (SSSR count). The zero-order valence-corrected chi connectivity index (χ0v) is 10.3. The molecule has 0 radical (unpaired) electrons. The molecule has 0 aliphatic carbocycles. The van der Waals surface area contributed by atoms with E-state index in [-0.39, 0.29) is 24.6 Å². The Kier molecular flexibility index (Phi) is 5.21. The van der Waals surface area contributed by atoms with E-state index in [4.69, 9.17) is 4.74 Å². The van der Waals surface area contributed by atoms with E-state index < -0.39 is 5.97 Å². The third-order valence-electron chi connectivity index (χ3n) is 2.84. The molecule has 6 heteroatoms. The predicted octanol–water partition coefficient (Wildman–Crippen LogP) is -0.0382. The number of aliphatic hydroxyl groups is 1. The van der Waals surface area contributed by atoms with Gasteiger partial charge >= 0.3 is 12.0 Å². The Balaban J connectivity index is 2.31. The van der Waals surface area contributed by atoms with Gasteiger partial charge in [-0.2, -0.15) is 0 Å². The van der Waals surface area contributed by atoms with Crippen LogP contribution in [0.15, 0.2) is 0 Å². The van der Waals surface area contributed by atoms with Gasteiger partial charge < -0.3 is 20.1 Å². The van der Waals surface area contributed by atoms with Crippen LogP contribution in [0.4, 0.5) is 4.79 Å². The van der Waals surface area contributed by atoms with Gasteiger partial charge in [0.2, 0.25) is 0 Å². The number of likely N-dealkylation sites (tertiary alicyclic amines) is 1. The van der Waals surface area contributed by atoms with Crippen molar-refractivity contribution in [3.05, 3.63) is 0 Å². The number of carbonyl (C=O) groups is 2. The minimum Gasteiger partial charge on any atom is -0.465 e. The highest BCUT2D eigenvalue weighted by Crippen LogP contribution is 2.16. The molecule has 0 aromatic rings. The first-order chi connectivity index (χ1) is 8.04. The third-order valence-corrected chi connectivity index (χ3v) is 2.84. The van der Waals surface area contributed by atoms with Gasteiger partial charge in [0.15, 0.2) is 0 Å². The number of ether oxygens (including phenoxy) is 1. The van der Waals surface area contributed by atoms with Crippen molar-refractivity contribution < 1.29 is 19.4 Å². The molecule has 1 aliphatic rings. The number of hydrogen-bond donors (Lipinski definition) is 2. The van der Waals surface area contributed by atoms with Crippen LogP contribution in [0, 0.1) is 5.92 Å². The van der Waals surface area contributed by atoms with Crippen LogP contribution < -0.4 is 5.32 Å². The lowest BCUT2D eigenvalue weighted by Crippen LogP contribution is -2.49. The summed E-state index contributed by atoms with van der Waals surface area (Å²) in [5, 5.41) is 12.0. The summed E-state index contributed by atoms with van der Waals surface area (Å²) < 4.78 is 4.71. The summed E-state index contributed by atoms with van der Waals surface area (Å²) in [6.45, 7) is 4.83. The quantitative estimate of drug-likeness (QED) is 0.683. The minimum absolute atomic E-state index is 0.0668. The van der Waals surface area contributed by atoms with Crippen molar-refractivity contribution in [2.45, 2.75) is 26.4 Å². The molecule has 98 valence electrons. The number of carbonyl (C=O) groups excluding carboxylic acids is 2. The number of amides is 2. The van der Waals surface area contributed by atoms with Crippen molar-refractivity contribution in [1.29, 1.82) is 0 Å². The summed E-state index contributed by atoms with van der Waals surface area (Å²) >= 11 is 0. The van der Waals surface area contributed by atoms with E-state index in [1.807, 2.05) is 6.92 Å². The van der Waals surface area contributed by atoms with Gasteiger partial charge in [-0.1, -0.05) is 6.92 Å². The number of rotatable bonds is 3. The summed E-state index contributed by atoms with van der Waals surface area (Å²) in [6.07, 6.45) is 0.234. The van der Waals surface area contributed by atoms with Crippen LogP contribution in [0.1, 0.15) is 20.3 Å².